The van der Waals surface area contributed by atoms with Crippen LogP contribution in [0.1, 0.15) is 22.0 Å². The lowest BCUT2D eigenvalue weighted by Crippen LogP contribution is -2.55. The maximum absolute atomic E-state index is 13.0. The minimum absolute atomic E-state index is 0.205. The molecule has 0 amide bonds. The first-order chi connectivity index (χ1) is 14.1. The summed E-state index contributed by atoms with van der Waals surface area (Å²) in [4.78, 5) is 13.0. The van der Waals surface area contributed by atoms with Crippen molar-refractivity contribution < 1.29 is 55.1 Å². The highest BCUT2D eigenvalue weighted by Crippen LogP contribution is 2.49. The summed E-state index contributed by atoms with van der Waals surface area (Å²) in [5.41, 5.74) is -0.802. The Morgan fingerprint density at radius 3 is 2.27 bits per heavy atom. The van der Waals surface area contributed by atoms with Crippen molar-refractivity contribution in [2.24, 2.45) is 5.92 Å². The maximum Gasteiger partial charge on any atom is 0.181 e. The molecule has 3 aliphatic rings. The van der Waals surface area contributed by atoms with Crippen LogP contribution in [-0.4, -0.2) is 83.8 Å². The summed E-state index contributed by atoms with van der Waals surface area (Å²) in [6.07, 6.45) is -6.92. The standard InChI is InChI=1S/C19H20O11/c20-4-11-15(25)17(27)18(28)19(30-11)12-8(23)3-10-13(16(12)26)14(24)5-1-6(21)7(22)2-9(5)29-10/h1-3,5,9,11,15,17-23,25-28H,4H2/t5?,9?,11?,15?,17-,18-,19?/m0/s1. The highest BCUT2D eigenvalue weighted by Gasteiger charge is 2.48. The number of aliphatic hydroxyl groups excluding tert-OH is 6. The van der Waals surface area contributed by atoms with Gasteiger partial charge >= 0.3 is 0 Å². The molecule has 1 fully saturated rings. The van der Waals surface area contributed by atoms with Crippen LogP contribution < -0.4 is 4.74 Å². The summed E-state index contributed by atoms with van der Waals surface area (Å²) < 4.78 is 10.9. The average molecular weight is 424 g/mol. The minimum Gasteiger partial charge on any atom is -0.507 e. The van der Waals surface area contributed by atoms with E-state index in [9.17, 15) is 45.6 Å². The number of carbonyl (C=O) groups excluding carboxylic acids is 1. The van der Waals surface area contributed by atoms with Gasteiger partial charge in [0, 0.05) is 12.1 Å². The Morgan fingerprint density at radius 1 is 0.933 bits per heavy atom. The van der Waals surface area contributed by atoms with Crippen molar-refractivity contribution in [2.75, 3.05) is 6.61 Å². The Bertz CT molecular complexity index is 950. The van der Waals surface area contributed by atoms with Crippen LogP contribution in [0.4, 0.5) is 0 Å². The van der Waals surface area contributed by atoms with E-state index in [1.807, 2.05) is 0 Å². The van der Waals surface area contributed by atoms with Crippen molar-refractivity contribution in [3.05, 3.63) is 40.9 Å². The molecule has 0 bridgehead atoms. The molecule has 1 saturated heterocycles. The molecule has 162 valence electrons. The molecule has 2 aliphatic heterocycles. The number of ketones is 1. The molecular formula is C19H20O11. The third-order valence-electron chi connectivity index (χ3n) is 5.55. The summed E-state index contributed by atoms with van der Waals surface area (Å²) >= 11 is 0. The van der Waals surface area contributed by atoms with Crippen LogP contribution in [0.5, 0.6) is 17.2 Å². The number of carbonyl (C=O) groups is 1. The van der Waals surface area contributed by atoms with Crippen LogP contribution in [-0.2, 0) is 4.74 Å². The highest BCUT2D eigenvalue weighted by molar-refractivity contribution is 6.06. The Kier molecular flexibility index (Phi) is 4.87. The van der Waals surface area contributed by atoms with Crippen molar-refractivity contribution >= 4 is 5.78 Å². The number of phenols is 2. The van der Waals surface area contributed by atoms with Gasteiger partial charge in [-0.2, -0.15) is 0 Å². The topological polar surface area (TPSA) is 197 Å². The van der Waals surface area contributed by atoms with Gasteiger partial charge in [0.15, 0.2) is 17.3 Å². The molecule has 5 unspecified atom stereocenters. The number of benzene rings is 1. The van der Waals surface area contributed by atoms with Gasteiger partial charge in [-0.15, -0.1) is 0 Å². The smallest absolute Gasteiger partial charge is 0.181 e. The number of aromatic hydroxyl groups is 2. The molecule has 2 heterocycles. The van der Waals surface area contributed by atoms with E-state index in [-0.39, 0.29) is 11.3 Å². The first-order valence-electron chi connectivity index (χ1n) is 9.07. The first-order valence-corrected chi connectivity index (χ1v) is 9.07. The SMILES string of the molecule is O=C1c2c(cc(O)c(C3OC(CO)C(O)[C@H](O)[C@@H]3O)c2O)OC2C=C(O)C(O)=CC12. The number of aliphatic hydroxyl groups is 6. The van der Waals surface area contributed by atoms with Crippen molar-refractivity contribution in [2.45, 2.75) is 36.6 Å². The Hall–Kier alpha value is -2.83. The second kappa shape index (κ2) is 7.15. The minimum atomic E-state index is -1.80. The molecule has 7 atom stereocenters. The van der Waals surface area contributed by atoms with Gasteiger partial charge in [0.1, 0.15) is 59.4 Å². The van der Waals surface area contributed by atoms with E-state index in [0.717, 1.165) is 18.2 Å². The molecule has 30 heavy (non-hydrogen) atoms. The van der Waals surface area contributed by atoms with Gasteiger partial charge in [0.2, 0.25) is 0 Å². The van der Waals surface area contributed by atoms with Crippen molar-refractivity contribution in [3.8, 4) is 17.2 Å². The summed E-state index contributed by atoms with van der Waals surface area (Å²) in [6, 6.07) is 1.00. The average Bonchev–Trinajstić information content (AvgIpc) is 2.69. The van der Waals surface area contributed by atoms with Crippen LogP contribution >= 0.6 is 0 Å². The second-order valence-electron chi connectivity index (χ2n) is 7.36. The zero-order chi connectivity index (χ0) is 21.9. The highest BCUT2D eigenvalue weighted by atomic mass is 16.5. The van der Waals surface area contributed by atoms with E-state index in [4.69, 9.17) is 9.47 Å². The fourth-order valence-electron chi connectivity index (χ4n) is 3.94. The Labute approximate surface area is 169 Å². The van der Waals surface area contributed by atoms with Gasteiger partial charge in [0.05, 0.1) is 18.1 Å². The fourth-order valence-corrected chi connectivity index (χ4v) is 3.94. The van der Waals surface area contributed by atoms with E-state index < -0.39 is 83.5 Å². The third-order valence-corrected chi connectivity index (χ3v) is 5.55. The zero-order valence-electron chi connectivity index (χ0n) is 15.3. The summed E-state index contributed by atoms with van der Waals surface area (Å²) in [7, 11) is 0. The van der Waals surface area contributed by atoms with Crippen molar-refractivity contribution in [1.29, 1.82) is 0 Å². The molecule has 11 nitrogen and oxygen atoms in total. The Morgan fingerprint density at radius 2 is 1.60 bits per heavy atom. The molecule has 0 saturated carbocycles. The second-order valence-corrected chi connectivity index (χ2v) is 7.36. The van der Waals surface area contributed by atoms with Crippen LogP contribution in [0.3, 0.4) is 0 Å². The van der Waals surface area contributed by atoms with Gasteiger partial charge in [0.25, 0.3) is 0 Å². The molecule has 1 aromatic carbocycles. The summed E-state index contributed by atoms with van der Waals surface area (Å²) in [6.45, 7) is -0.723. The number of hydrogen-bond donors (Lipinski definition) is 8. The zero-order valence-corrected chi connectivity index (χ0v) is 15.3. The lowest BCUT2D eigenvalue weighted by Gasteiger charge is -2.41. The number of phenolic OH excluding ortho intramolecular Hbond substituents is 2. The van der Waals surface area contributed by atoms with Crippen LogP contribution in [0, 0.1) is 5.92 Å². The van der Waals surface area contributed by atoms with Gasteiger partial charge in [-0.25, -0.2) is 0 Å². The number of fused-ring (bicyclic) bond motifs is 2. The largest absolute Gasteiger partial charge is 0.507 e. The number of hydrogen-bond acceptors (Lipinski definition) is 11. The fraction of sp³-hybridized carbons (Fsp3) is 0.421. The summed E-state index contributed by atoms with van der Waals surface area (Å²) in [5.74, 6) is -4.42. The lowest BCUT2D eigenvalue weighted by molar-refractivity contribution is -0.232. The quantitative estimate of drug-likeness (QED) is 0.292. The molecule has 4 rings (SSSR count). The van der Waals surface area contributed by atoms with Gasteiger partial charge in [-0.1, -0.05) is 0 Å². The lowest BCUT2D eigenvalue weighted by atomic mass is 9.83. The molecule has 0 spiro atoms. The number of ether oxygens (including phenoxy) is 2. The van der Waals surface area contributed by atoms with Crippen molar-refractivity contribution in [3.63, 3.8) is 0 Å². The molecule has 1 aliphatic carbocycles. The molecule has 1 aromatic rings. The molecular weight excluding hydrogens is 404 g/mol. The molecule has 8 N–H and O–H groups in total. The first kappa shape index (κ1) is 20.4. The summed E-state index contributed by atoms with van der Waals surface area (Å²) in [5, 5.41) is 80.1. The van der Waals surface area contributed by atoms with Gasteiger partial charge in [-0.05, 0) is 6.08 Å². The van der Waals surface area contributed by atoms with Crippen molar-refractivity contribution in [1.82, 2.24) is 0 Å². The molecule has 0 aromatic heterocycles. The molecule has 11 heteroatoms. The number of Topliss-reactive ketones (excluding diaryl/α,β-unsaturated/α-hetero) is 1. The van der Waals surface area contributed by atoms with E-state index in [0.29, 0.717) is 0 Å². The number of rotatable bonds is 2. The molecule has 0 radical (unpaired) electrons. The predicted molar refractivity (Wildman–Crippen MR) is 96.2 cm³/mol. The monoisotopic (exact) mass is 424 g/mol. The normalized spacial score (nSPS) is 35.6. The van der Waals surface area contributed by atoms with E-state index in [1.54, 1.807) is 0 Å². The van der Waals surface area contributed by atoms with Crippen LogP contribution in [0.2, 0.25) is 0 Å². The van der Waals surface area contributed by atoms with Crippen LogP contribution in [0.15, 0.2) is 29.7 Å². The Balaban J connectivity index is 1.80. The van der Waals surface area contributed by atoms with E-state index in [1.165, 1.54) is 0 Å². The van der Waals surface area contributed by atoms with Gasteiger partial charge in [-0.3, -0.25) is 4.79 Å². The third kappa shape index (κ3) is 2.90. The predicted octanol–water partition coefficient (Wildman–Crippen LogP) is -0.930. The van der Waals surface area contributed by atoms with E-state index >= 15 is 0 Å². The van der Waals surface area contributed by atoms with E-state index in [2.05, 4.69) is 0 Å². The van der Waals surface area contributed by atoms with Gasteiger partial charge < -0.3 is 50.3 Å². The maximum atomic E-state index is 13.0. The van der Waals surface area contributed by atoms with Crippen LogP contribution in [0.25, 0.3) is 0 Å².